The van der Waals surface area contributed by atoms with Crippen LogP contribution in [0.3, 0.4) is 0 Å². The van der Waals surface area contributed by atoms with E-state index >= 15 is 0 Å². The standard InChI is InChI=1S/C26H26N2O6/c1-3-32-23-14-13-20(15-24(23)33-4-2)25(29)28-27-16-21-7-5-6-8-22(21)34-17-18-9-11-19(12-10-18)26(30)31/h5-16H,3-4,17H2,1-2H3,(H,28,29)(H,30,31)/b27-16+. The van der Waals surface area contributed by atoms with Gasteiger partial charge < -0.3 is 19.3 Å². The van der Waals surface area contributed by atoms with E-state index in [1.54, 1.807) is 36.4 Å². The molecule has 8 nitrogen and oxygen atoms in total. The minimum atomic E-state index is -0.976. The fraction of sp³-hybridized carbons (Fsp3) is 0.192. The quantitative estimate of drug-likeness (QED) is 0.320. The third-order valence-electron chi connectivity index (χ3n) is 4.69. The number of amides is 1. The summed E-state index contributed by atoms with van der Waals surface area (Å²) in [7, 11) is 0. The molecule has 3 aromatic rings. The molecule has 8 heteroatoms. The van der Waals surface area contributed by atoms with Crippen LogP contribution < -0.4 is 19.6 Å². The van der Waals surface area contributed by atoms with Crippen LogP contribution in [0.1, 0.15) is 45.7 Å². The van der Waals surface area contributed by atoms with Gasteiger partial charge in [-0.1, -0.05) is 24.3 Å². The van der Waals surface area contributed by atoms with E-state index in [1.807, 2.05) is 32.0 Å². The SMILES string of the molecule is CCOc1ccc(C(=O)N/N=C/c2ccccc2OCc2ccc(C(=O)O)cc2)cc1OCC. The van der Waals surface area contributed by atoms with Crippen LogP contribution in [-0.4, -0.2) is 36.4 Å². The lowest BCUT2D eigenvalue weighted by Gasteiger charge is -2.12. The first-order valence-corrected chi connectivity index (χ1v) is 10.8. The molecule has 0 aromatic heterocycles. The second kappa shape index (κ2) is 12.1. The lowest BCUT2D eigenvalue weighted by molar-refractivity contribution is 0.0696. The van der Waals surface area contributed by atoms with Crippen molar-refractivity contribution < 1.29 is 28.9 Å². The summed E-state index contributed by atoms with van der Waals surface area (Å²) in [5, 5.41) is 13.1. The van der Waals surface area contributed by atoms with Gasteiger partial charge in [-0.15, -0.1) is 0 Å². The molecule has 0 spiro atoms. The Morgan fingerprint density at radius 3 is 2.24 bits per heavy atom. The molecule has 0 radical (unpaired) electrons. The average Bonchev–Trinajstić information content (AvgIpc) is 2.85. The summed E-state index contributed by atoms with van der Waals surface area (Å²) in [5.41, 5.74) is 4.61. The molecule has 0 saturated carbocycles. The van der Waals surface area contributed by atoms with Crippen LogP contribution in [0.5, 0.6) is 17.2 Å². The fourth-order valence-corrected chi connectivity index (χ4v) is 3.04. The molecule has 1 amide bonds. The Labute approximate surface area is 197 Å². The monoisotopic (exact) mass is 462 g/mol. The van der Waals surface area contributed by atoms with Crippen molar-refractivity contribution in [1.82, 2.24) is 5.43 Å². The lowest BCUT2D eigenvalue weighted by Crippen LogP contribution is -2.18. The molecule has 0 saturated heterocycles. The normalized spacial score (nSPS) is 10.6. The first kappa shape index (κ1) is 24.3. The van der Waals surface area contributed by atoms with Crippen LogP contribution in [-0.2, 0) is 6.61 Å². The summed E-state index contributed by atoms with van der Waals surface area (Å²) in [4.78, 5) is 23.5. The number of para-hydroxylation sites is 1. The maximum Gasteiger partial charge on any atom is 0.335 e. The zero-order chi connectivity index (χ0) is 24.3. The summed E-state index contributed by atoms with van der Waals surface area (Å²) in [5.74, 6) is 0.277. The highest BCUT2D eigenvalue weighted by atomic mass is 16.5. The van der Waals surface area contributed by atoms with E-state index in [0.29, 0.717) is 41.6 Å². The molecule has 0 unspecified atom stereocenters. The van der Waals surface area contributed by atoms with Gasteiger partial charge in [0.1, 0.15) is 12.4 Å². The Bertz CT molecular complexity index is 1160. The number of hydrogen-bond donors (Lipinski definition) is 2. The largest absolute Gasteiger partial charge is 0.490 e. The minimum Gasteiger partial charge on any atom is -0.490 e. The molecule has 0 heterocycles. The van der Waals surface area contributed by atoms with Crippen LogP contribution in [0, 0.1) is 0 Å². The maximum atomic E-state index is 12.5. The average molecular weight is 463 g/mol. The number of hydrogen-bond acceptors (Lipinski definition) is 6. The molecule has 34 heavy (non-hydrogen) atoms. The van der Waals surface area contributed by atoms with E-state index in [0.717, 1.165) is 5.56 Å². The summed E-state index contributed by atoms with van der Waals surface area (Å²) >= 11 is 0. The van der Waals surface area contributed by atoms with E-state index in [1.165, 1.54) is 18.3 Å². The molecule has 0 bridgehead atoms. The molecular weight excluding hydrogens is 436 g/mol. The Hall–Kier alpha value is -4.33. The predicted octanol–water partition coefficient (Wildman–Crippen LogP) is 4.53. The third kappa shape index (κ3) is 6.59. The molecule has 0 aliphatic heterocycles. The van der Waals surface area contributed by atoms with Gasteiger partial charge in [0.05, 0.1) is 25.0 Å². The molecule has 3 aromatic carbocycles. The highest BCUT2D eigenvalue weighted by Crippen LogP contribution is 2.28. The number of carboxylic acid groups (broad SMARTS) is 1. The van der Waals surface area contributed by atoms with Gasteiger partial charge in [0.15, 0.2) is 11.5 Å². The van der Waals surface area contributed by atoms with Gasteiger partial charge in [0, 0.05) is 11.1 Å². The molecule has 0 aliphatic rings. The van der Waals surface area contributed by atoms with Gasteiger partial charge in [0.2, 0.25) is 0 Å². The van der Waals surface area contributed by atoms with Crippen molar-refractivity contribution in [3.63, 3.8) is 0 Å². The molecule has 3 rings (SSSR count). The number of nitrogens with one attached hydrogen (secondary N) is 1. The molecule has 0 atom stereocenters. The fourth-order valence-electron chi connectivity index (χ4n) is 3.04. The predicted molar refractivity (Wildman–Crippen MR) is 128 cm³/mol. The number of carbonyl (C=O) groups is 2. The summed E-state index contributed by atoms with van der Waals surface area (Å²) in [6, 6.07) is 18.7. The van der Waals surface area contributed by atoms with Crippen molar-refractivity contribution in [1.29, 1.82) is 0 Å². The van der Waals surface area contributed by atoms with Gasteiger partial charge >= 0.3 is 5.97 Å². The van der Waals surface area contributed by atoms with E-state index in [-0.39, 0.29) is 12.2 Å². The second-order valence-corrected chi connectivity index (χ2v) is 7.06. The van der Waals surface area contributed by atoms with Crippen molar-refractivity contribution in [2.45, 2.75) is 20.5 Å². The van der Waals surface area contributed by atoms with Crippen LogP contribution in [0.15, 0.2) is 71.8 Å². The van der Waals surface area contributed by atoms with Crippen LogP contribution in [0.4, 0.5) is 0 Å². The van der Waals surface area contributed by atoms with E-state index in [4.69, 9.17) is 19.3 Å². The maximum absolute atomic E-state index is 12.5. The number of aromatic carboxylic acids is 1. The molecule has 2 N–H and O–H groups in total. The Morgan fingerprint density at radius 2 is 1.53 bits per heavy atom. The van der Waals surface area contributed by atoms with E-state index in [2.05, 4.69) is 10.5 Å². The summed E-state index contributed by atoms with van der Waals surface area (Å²) in [6.45, 7) is 4.93. The topological polar surface area (TPSA) is 106 Å². The van der Waals surface area contributed by atoms with Gasteiger partial charge in [-0.3, -0.25) is 4.79 Å². The minimum absolute atomic E-state index is 0.216. The van der Waals surface area contributed by atoms with Gasteiger partial charge in [0.25, 0.3) is 5.91 Å². The third-order valence-corrected chi connectivity index (χ3v) is 4.69. The van der Waals surface area contributed by atoms with Gasteiger partial charge in [-0.2, -0.15) is 5.10 Å². The first-order chi connectivity index (χ1) is 16.5. The molecular formula is C26H26N2O6. The number of nitrogens with zero attached hydrogens (tertiary/aromatic N) is 1. The van der Waals surface area contributed by atoms with Gasteiger partial charge in [-0.25, -0.2) is 10.2 Å². The highest BCUT2D eigenvalue weighted by molar-refractivity contribution is 5.95. The summed E-state index contributed by atoms with van der Waals surface area (Å²) in [6.07, 6.45) is 1.50. The van der Waals surface area contributed by atoms with Crippen molar-refractivity contribution in [2.24, 2.45) is 5.10 Å². The van der Waals surface area contributed by atoms with Crippen LogP contribution in [0.2, 0.25) is 0 Å². The Balaban J connectivity index is 1.64. The number of carboxylic acids is 1. The first-order valence-electron chi connectivity index (χ1n) is 10.8. The number of rotatable bonds is 11. The van der Waals surface area contributed by atoms with Gasteiger partial charge in [-0.05, 0) is 61.9 Å². The van der Waals surface area contributed by atoms with E-state index < -0.39 is 11.9 Å². The van der Waals surface area contributed by atoms with Crippen molar-refractivity contribution in [2.75, 3.05) is 13.2 Å². The lowest BCUT2D eigenvalue weighted by atomic mass is 10.1. The summed E-state index contributed by atoms with van der Waals surface area (Å²) < 4.78 is 16.9. The Kier molecular flexibility index (Phi) is 8.62. The molecule has 0 aliphatic carbocycles. The van der Waals surface area contributed by atoms with Crippen molar-refractivity contribution >= 4 is 18.1 Å². The molecule has 176 valence electrons. The zero-order valence-electron chi connectivity index (χ0n) is 19.0. The number of hydrazone groups is 1. The number of carbonyl (C=O) groups excluding carboxylic acids is 1. The van der Waals surface area contributed by atoms with Crippen LogP contribution >= 0.6 is 0 Å². The molecule has 0 fully saturated rings. The van der Waals surface area contributed by atoms with Crippen molar-refractivity contribution in [3.8, 4) is 17.2 Å². The van der Waals surface area contributed by atoms with Crippen molar-refractivity contribution in [3.05, 3.63) is 89.0 Å². The number of ether oxygens (including phenoxy) is 3. The zero-order valence-corrected chi connectivity index (χ0v) is 19.0. The van der Waals surface area contributed by atoms with E-state index in [9.17, 15) is 9.59 Å². The number of benzene rings is 3. The smallest absolute Gasteiger partial charge is 0.335 e. The van der Waals surface area contributed by atoms with Crippen LogP contribution in [0.25, 0.3) is 0 Å². The Morgan fingerprint density at radius 1 is 0.853 bits per heavy atom. The highest BCUT2D eigenvalue weighted by Gasteiger charge is 2.11. The second-order valence-electron chi connectivity index (χ2n) is 7.06.